The Balaban J connectivity index is 0.00000192. The van der Waals surface area contributed by atoms with Crippen LogP contribution in [0.5, 0.6) is 0 Å². The van der Waals surface area contributed by atoms with Crippen molar-refractivity contribution in [2.45, 2.75) is 11.8 Å². The van der Waals surface area contributed by atoms with Crippen molar-refractivity contribution < 1.29 is 13.0 Å². The van der Waals surface area contributed by atoms with E-state index in [4.69, 9.17) is 4.55 Å². The van der Waals surface area contributed by atoms with Crippen LogP contribution in [0.25, 0.3) is 10.8 Å². The molecular formula is C17H16KNO3S. The van der Waals surface area contributed by atoms with Crippen LogP contribution in [0.4, 0.5) is 11.4 Å². The van der Waals surface area contributed by atoms with Gasteiger partial charge in [-0.15, -0.1) is 0 Å². The standard InChI is InChI=1S/C17H15NO3S.K.H/c1-12-2-6-15(7-3-12)18-16-8-4-14-11-17(22(19,20)21)9-5-13(14)10-16;;/h2-11,18H,1H3,(H,19,20,21);;. The monoisotopic (exact) mass is 353 g/mol. The van der Waals surface area contributed by atoms with Crippen LogP contribution in [0.1, 0.15) is 5.56 Å². The van der Waals surface area contributed by atoms with Gasteiger partial charge in [0.15, 0.2) is 0 Å². The molecule has 23 heavy (non-hydrogen) atoms. The third kappa shape index (κ3) is 4.64. The predicted molar refractivity (Wildman–Crippen MR) is 95.4 cm³/mol. The number of hydrogen-bond acceptors (Lipinski definition) is 3. The van der Waals surface area contributed by atoms with Crippen LogP contribution in [0.3, 0.4) is 0 Å². The summed E-state index contributed by atoms with van der Waals surface area (Å²) in [5.74, 6) is 0. The van der Waals surface area contributed by atoms with Crippen molar-refractivity contribution in [1.29, 1.82) is 0 Å². The van der Waals surface area contributed by atoms with Crippen molar-refractivity contribution in [2.24, 2.45) is 0 Å². The van der Waals surface area contributed by atoms with E-state index >= 15 is 0 Å². The Hall–Kier alpha value is -0.734. The molecule has 4 nitrogen and oxygen atoms in total. The Morgan fingerprint density at radius 3 is 2.04 bits per heavy atom. The molecule has 0 unspecified atom stereocenters. The van der Waals surface area contributed by atoms with Gasteiger partial charge in [0.2, 0.25) is 0 Å². The van der Waals surface area contributed by atoms with Crippen LogP contribution in [0.2, 0.25) is 0 Å². The molecule has 0 radical (unpaired) electrons. The molecule has 2 N–H and O–H groups in total. The molecule has 114 valence electrons. The first-order chi connectivity index (χ1) is 10.4. The second-order valence-corrected chi connectivity index (χ2v) is 6.61. The van der Waals surface area contributed by atoms with E-state index in [9.17, 15) is 8.42 Å². The van der Waals surface area contributed by atoms with E-state index in [-0.39, 0.29) is 56.3 Å². The van der Waals surface area contributed by atoms with Crippen LogP contribution in [-0.4, -0.2) is 64.4 Å². The Morgan fingerprint density at radius 1 is 0.826 bits per heavy atom. The van der Waals surface area contributed by atoms with Crippen LogP contribution >= 0.6 is 0 Å². The van der Waals surface area contributed by atoms with E-state index in [1.807, 2.05) is 49.4 Å². The summed E-state index contributed by atoms with van der Waals surface area (Å²) in [6, 6.07) is 18.2. The number of fused-ring (bicyclic) bond motifs is 1. The topological polar surface area (TPSA) is 66.4 Å². The van der Waals surface area contributed by atoms with Gasteiger partial charge in [-0.2, -0.15) is 8.42 Å². The maximum absolute atomic E-state index is 11.2. The number of hydrogen-bond donors (Lipinski definition) is 2. The van der Waals surface area contributed by atoms with Gasteiger partial charge < -0.3 is 5.32 Å². The Labute approximate surface area is 178 Å². The van der Waals surface area contributed by atoms with Crippen LogP contribution in [-0.2, 0) is 10.1 Å². The van der Waals surface area contributed by atoms with Gasteiger partial charge in [-0.25, -0.2) is 0 Å². The number of anilines is 2. The van der Waals surface area contributed by atoms with E-state index in [1.54, 1.807) is 6.07 Å². The van der Waals surface area contributed by atoms with Crippen LogP contribution in [0.15, 0.2) is 65.6 Å². The molecule has 0 aromatic heterocycles. The van der Waals surface area contributed by atoms with Crippen molar-refractivity contribution in [3.63, 3.8) is 0 Å². The third-order valence-corrected chi connectivity index (χ3v) is 4.30. The maximum atomic E-state index is 11.2. The second kappa shape index (κ2) is 7.44. The van der Waals surface area contributed by atoms with E-state index in [1.165, 1.54) is 17.7 Å². The summed E-state index contributed by atoms with van der Waals surface area (Å²) in [6.07, 6.45) is 0. The van der Waals surface area contributed by atoms with Gasteiger partial charge >= 0.3 is 51.4 Å². The summed E-state index contributed by atoms with van der Waals surface area (Å²) in [6.45, 7) is 2.03. The van der Waals surface area contributed by atoms with Gasteiger partial charge in [0, 0.05) is 11.4 Å². The summed E-state index contributed by atoms with van der Waals surface area (Å²) < 4.78 is 31.4. The molecule has 0 aliphatic heterocycles. The van der Waals surface area contributed by atoms with Crippen LogP contribution in [0, 0.1) is 6.92 Å². The van der Waals surface area contributed by atoms with Gasteiger partial charge in [-0.1, -0.05) is 29.8 Å². The van der Waals surface area contributed by atoms with Gasteiger partial charge in [0.25, 0.3) is 10.1 Å². The molecule has 0 heterocycles. The molecule has 0 atom stereocenters. The van der Waals surface area contributed by atoms with E-state index in [0.29, 0.717) is 0 Å². The minimum absolute atomic E-state index is 0. The Morgan fingerprint density at radius 2 is 1.39 bits per heavy atom. The summed E-state index contributed by atoms with van der Waals surface area (Å²) in [7, 11) is -4.17. The molecule has 0 spiro atoms. The molecule has 3 rings (SSSR count). The number of benzene rings is 3. The Kier molecular flexibility index (Phi) is 6.02. The SMILES string of the molecule is Cc1ccc(Nc2ccc3cc(S(=O)(=O)O)ccc3c2)cc1.[KH]. The Bertz CT molecular complexity index is 938. The zero-order valence-electron chi connectivity index (χ0n) is 11.9. The molecule has 0 amide bonds. The van der Waals surface area contributed by atoms with Crippen molar-refractivity contribution in [1.82, 2.24) is 0 Å². The molecule has 0 fully saturated rings. The molecule has 6 heteroatoms. The molecule has 3 aromatic carbocycles. The summed E-state index contributed by atoms with van der Waals surface area (Å²) in [4.78, 5) is -0.0979. The molecule has 3 aromatic rings. The fourth-order valence-corrected chi connectivity index (χ4v) is 2.78. The first kappa shape index (κ1) is 18.6. The first-order valence-electron chi connectivity index (χ1n) is 6.77. The zero-order valence-corrected chi connectivity index (χ0v) is 12.8. The molecule has 0 aliphatic carbocycles. The normalized spacial score (nSPS) is 11.0. The van der Waals surface area contributed by atoms with Crippen molar-refractivity contribution in [3.05, 3.63) is 66.2 Å². The molecular weight excluding hydrogens is 337 g/mol. The zero-order chi connectivity index (χ0) is 15.7. The van der Waals surface area contributed by atoms with E-state index in [0.717, 1.165) is 22.1 Å². The average molecular weight is 353 g/mol. The quantitative estimate of drug-likeness (QED) is 0.559. The molecule has 0 bridgehead atoms. The predicted octanol–water partition coefficient (Wildman–Crippen LogP) is 3.49. The van der Waals surface area contributed by atoms with E-state index < -0.39 is 10.1 Å². The summed E-state index contributed by atoms with van der Waals surface area (Å²) in [5.41, 5.74) is 3.09. The number of rotatable bonds is 3. The van der Waals surface area contributed by atoms with Crippen molar-refractivity contribution in [2.75, 3.05) is 5.32 Å². The summed E-state index contributed by atoms with van der Waals surface area (Å²) >= 11 is 0. The first-order valence-corrected chi connectivity index (χ1v) is 8.21. The summed E-state index contributed by atoms with van der Waals surface area (Å²) in [5, 5.41) is 4.95. The van der Waals surface area contributed by atoms with Gasteiger partial charge in [-0.3, -0.25) is 4.55 Å². The fraction of sp³-hybridized carbons (Fsp3) is 0.0588. The second-order valence-electron chi connectivity index (χ2n) is 5.19. The van der Waals surface area contributed by atoms with Crippen LogP contribution < -0.4 is 5.32 Å². The molecule has 0 saturated heterocycles. The number of aryl methyl sites for hydroxylation is 1. The number of nitrogens with one attached hydrogen (secondary N) is 1. The van der Waals surface area contributed by atoms with Gasteiger partial charge in [0.1, 0.15) is 0 Å². The fourth-order valence-electron chi connectivity index (χ4n) is 2.27. The third-order valence-electron chi connectivity index (χ3n) is 3.45. The molecule has 0 aliphatic rings. The van der Waals surface area contributed by atoms with E-state index in [2.05, 4.69) is 5.32 Å². The van der Waals surface area contributed by atoms with Crippen molar-refractivity contribution in [3.8, 4) is 0 Å². The van der Waals surface area contributed by atoms with Crippen molar-refractivity contribution >= 4 is 83.6 Å². The molecule has 0 saturated carbocycles. The average Bonchev–Trinajstić information content (AvgIpc) is 2.48. The van der Waals surface area contributed by atoms with Gasteiger partial charge in [0.05, 0.1) is 4.90 Å². The minimum atomic E-state index is -4.17. The van der Waals surface area contributed by atoms with Gasteiger partial charge in [-0.05, 0) is 54.1 Å².